The van der Waals surface area contributed by atoms with Gasteiger partial charge in [-0.2, -0.15) is 0 Å². The molecule has 14 nitrogen and oxygen atoms in total. The number of carbonyl (C=O) groups excluding carboxylic acids is 6. The maximum atomic E-state index is 13.7. The Morgan fingerprint density at radius 1 is 0.976 bits per heavy atom. The molecule has 1 aliphatic heterocycles. The Hall–Kier alpha value is -4.75. The normalized spacial score (nSPS) is 16.7. The zero-order valence-electron chi connectivity index (χ0n) is 22.8. The Labute approximate surface area is 237 Å². The average molecular weight is 569 g/mol. The summed E-state index contributed by atoms with van der Waals surface area (Å²) in [5.74, 6) is -3.62. The van der Waals surface area contributed by atoms with E-state index in [2.05, 4.69) is 25.9 Å². The highest BCUT2D eigenvalue weighted by atomic mass is 16.2. The van der Waals surface area contributed by atoms with E-state index in [1.165, 1.54) is 24.3 Å². The monoisotopic (exact) mass is 568 g/mol. The predicted molar refractivity (Wildman–Crippen MR) is 146 cm³/mol. The molecule has 0 unspecified atom stereocenters. The average Bonchev–Trinajstić information content (AvgIpc) is 3.62. The summed E-state index contributed by atoms with van der Waals surface area (Å²) in [5, 5.41) is 7.88. The first-order chi connectivity index (χ1) is 19.5. The summed E-state index contributed by atoms with van der Waals surface area (Å²) in [6.07, 6.45) is 3.86. The summed E-state index contributed by atoms with van der Waals surface area (Å²) in [6, 6.07) is 4.76. The minimum Gasteiger partial charge on any atom is -0.370 e. The van der Waals surface area contributed by atoms with Crippen molar-refractivity contribution in [2.24, 2.45) is 11.5 Å². The Morgan fingerprint density at radius 3 is 2.27 bits per heavy atom. The number of nitrogens with zero attached hydrogens (tertiary/aromatic N) is 2. The minimum atomic E-state index is -1.16. The number of benzene rings is 1. The van der Waals surface area contributed by atoms with Crippen LogP contribution in [-0.4, -0.2) is 81.0 Å². The van der Waals surface area contributed by atoms with E-state index < -0.39 is 59.6 Å². The van der Waals surface area contributed by atoms with Crippen LogP contribution in [0.5, 0.6) is 0 Å². The third-order valence-electron chi connectivity index (χ3n) is 6.75. The number of hydrogen-bond donors (Lipinski definition) is 6. The fraction of sp³-hybridized carbons (Fsp3) is 0.444. The molecule has 220 valence electrons. The predicted octanol–water partition coefficient (Wildman–Crippen LogP) is -1.59. The van der Waals surface area contributed by atoms with E-state index in [0.29, 0.717) is 25.1 Å². The number of rotatable bonds is 14. The van der Waals surface area contributed by atoms with Crippen LogP contribution in [0.15, 0.2) is 42.9 Å². The second kappa shape index (κ2) is 14.6. The standard InChI is InChI=1S/C27H36N8O6/c1-16(36)32-19(9-10-23(28)37)25(39)33-20(12-17-6-3-2-4-7-17)26(40)34-21(13-18-14-30-15-31-18)27(41)35-11-5-8-22(35)24(29)38/h2-4,6-7,14-15,19-22H,5,8-13H2,1H3,(H2,28,37)(H2,29,38)(H,30,31)(H,32,36)(H,33,39)(H,34,40)/t19-,20+,21-,22+/m0/s1. The van der Waals surface area contributed by atoms with Crippen molar-refractivity contribution in [3.05, 3.63) is 54.1 Å². The quantitative estimate of drug-likeness (QED) is 0.157. The van der Waals surface area contributed by atoms with E-state index in [4.69, 9.17) is 11.5 Å². The van der Waals surface area contributed by atoms with Crippen LogP contribution in [0, 0.1) is 0 Å². The molecule has 1 aromatic heterocycles. The molecule has 8 N–H and O–H groups in total. The Morgan fingerprint density at radius 2 is 1.66 bits per heavy atom. The number of carbonyl (C=O) groups is 6. The highest BCUT2D eigenvalue weighted by Crippen LogP contribution is 2.19. The van der Waals surface area contributed by atoms with Gasteiger partial charge in [0.2, 0.25) is 35.4 Å². The first kappa shape index (κ1) is 30.8. The molecule has 1 fully saturated rings. The van der Waals surface area contributed by atoms with Crippen LogP contribution in [0.3, 0.4) is 0 Å². The van der Waals surface area contributed by atoms with E-state index in [9.17, 15) is 28.8 Å². The number of nitrogens with one attached hydrogen (secondary N) is 4. The van der Waals surface area contributed by atoms with Crippen molar-refractivity contribution >= 4 is 35.4 Å². The van der Waals surface area contributed by atoms with Gasteiger partial charge in [0, 0.05) is 44.6 Å². The molecule has 1 aliphatic rings. The SMILES string of the molecule is CC(=O)N[C@@H](CCC(N)=O)C(=O)N[C@H](Cc1ccccc1)C(=O)N[C@@H](Cc1cnc[nH]1)C(=O)N1CCC[C@@H]1C(N)=O. The molecule has 0 aliphatic carbocycles. The molecule has 0 bridgehead atoms. The second-order valence-electron chi connectivity index (χ2n) is 9.94. The summed E-state index contributed by atoms with van der Waals surface area (Å²) in [5.41, 5.74) is 12.0. The van der Waals surface area contributed by atoms with Crippen molar-refractivity contribution in [1.29, 1.82) is 0 Å². The van der Waals surface area contributed by atoms with Gasteiger partial charge in [-0.05, 0) is 24.8 Å². The van der Waals surface area contributed by atoms with Gasteiger partial charge < -0.3 is 37.3 Å². The molecule has 1 saturated heterocycles. The van der Waals surface area contributed by atoms with Crippen LogP contribution in [0.4, 0.5) is 0 Å². The van der Waals surface area contributed by atoms with Crippen LogP contribution in [0.2, 0.25) is 0 Å². The Bertz CT molecular complexity index is 1240. The summed E-state index contributed by atoms with van der Waals surface area (Å²) in [6.45, 7) is 1.53. The molecule has 1 aromatic carbocycles. The zero-order chi connectivity index (χ0) is 29.9. The van der Waals surface area contributed by atoms with Gasteiger partial charge in [-0.1, -0.05) is 30.3 Å². The first-order valence-corrected chi connectivity index (χ1v) is 13.3. The molecule has 41 heavy (non-hydrogen) atoms. The third kappa shape index (κ3) is 9.15. The van der Waals surface area contributed by atoms with Gasteiger partial charge in [0.1, 0.15) is 24.2 Å². The highest BCUT2D eigenvalue weighted by Gasteiger charge is 2.38. The summed E-state index contributed by atoms with van der Waals surface area (Å²) in [4.78, 5) is 83.7. The van der Waals surface area contributed by atoms with Gasteiger partial charge in [-0.15, -0.1) is 0 Å². The van der Waals surface area contributed by atoms with Crippen LogP contribution in [0.25, 0.3) is 0 Å². The lowest BCUT2D eigenvalue weighted by Crippen LogP contribution is -2.59. The molecule has 3 rings (SSSR count). The van der Waals surface area contributed by atoms with Gasteiger partial charge in [-0.25, -0.2) is 4.98 Å². The fourth-order valence-corrected chi connectivity index (χ4v) is 4.75. The lowest BCUT2D eigenvalue weighted by Gasteiger charge is -2.29. The molecule has 6 amide bonds. The number of likely N-dealkylation sites (tertiary alicyclic amines) is 1. The highest BCUT2D eigenvalue weighted by molar-refractivity contribution is 5.95. The van der Waals surface area contributed by atoms with Crippen molar-refractivity contribution in [2.75, 3.05) is 6.54 Å². The van der Waals surface area contributed by atoms with Crippen molar-refractivity contribution in [1.82, 2.24) is 30.8 Å². The van der Waals surface area contributed by atoms with Crippen molar-refractivity contribution in [3.63, 3.8) is 0 Å². The molecular weight excluding hydrogens is 532 g/mol. The number of hydrogen-bond acceptors (Lipinski definition) is 7. The third-order valence-corrected chi connectivity index (χ3v) is 6.75. The number of aromatic amines is 1. The molecule has 2 aromatic rings. The largest absolute Gasteiger partial charge is 0.370 e. The number of imidazole rings is 1. The fourth-order valence-electron chi connectivity index (χ4n) is 4.75. The molecule has 4 atom stereocenters. The van der Waals surface area contributed by atoms with Crippen molar-refractivity contribution in [3.8, 4) is 0 Å². The van der Waals surface area contributed by atoms with Gasteiger partial charge in [-0.3, -0.25) is 28.8 Å². The molecular formula is C27H36N8O6. The topological polar surface area (TPSA) is 222 Å². The van der Waals surface area contributed by atoms with Gasteiger partial charge in [0.25, 0.3) is 0 Å². The summed E-state index contributed by atoms with van der Waals surface area (Å²) >= 11 is 0. The van der Waals surface area contributed by atoms with Crippen LogP contribution < -0.4 is 27.4 Å². The van der Waals surface area contributed by atoms with E-state index in [1.54, 1.807) is 30.3 Å². The molecule has 0 spiro atoms. The maximum absolute atomic E-state index is 13.7. The van der Waals surface area contributed by atoms with E-state index >= 15 is 0 Å². The van der Waals surface area contributed by atoms with E-state index in [0.717, 1.165) is 5.56 Å². The number of primary amides is 2. The number of nitrogens with two attached hydrogens (primary N) is 2. The van der Waals surface area contributed by atoms with Gasteiger partial charge >= 0.3 is 0 Å². The van der Waals surface area contributed by atoms with Crippen molar-refractivity contribution in [2.45, 2.75) is 69.6 Å². The van der Waals surface area contributed by atoms with Gasteiger partial charge in [0.15, 0.2) is 0 Å². The van der Waals surface area contributed by atoms with Gasteiger partial charge in [0.05, 0.1) is 6.33 Å². The Balaban J connectivity index is 1.85. The second-order valence-corrected chi connectivity index (χ2v) is 9.94. The lowest BCUT2D eigenvalue weighted by molar-refractivity contribution is -0.141. The minimum absolute atomic E-state index is 0.0473. The Kier molecular flexibility index (Phi) is 11.0. The maximum Gasteiger partial charge on any atom is 0.246 e. The number of aromatic nitrogens is 2. The van der Waals surface area contributed by atoms with Crippen molar-refractivity contribution < 1.29 is 28.8 Å². The summed E-state index contributed by atoms with van der Waals surface area (Å²) < 4.78 is 0. The summed E-state index contributed by atoms with van der Waals surface area (Å²) in [7, 11) is 0. The van der Waals surface area contributed by atoms with Crippen LogP contribution in [0.1, 0.15) is 43.9 Å². The van der Waals surface area contributed by atoms with Crippen LogP contribution >= 0.6 is 0 Å². The first-order valence-electron chi connectivity index (χ1n) is 13.3. The van der Waals surface area contributed by atoms with E-state index in [1.807, 2.05) is 0 Å². The smallest absolute Gasteiger partial charge is 0.246 e. The molecule has 0 radical (unpaired) electrons. The molecule has 0 saturated carbocycles. The zero-order valence-corrected chi connectivity index (χ0v) is 22.8. The molecule has 2 heterocycles. The number of H-pyrrole nitrogens is 1. The lowest BCUT2D eigenvalue weighted by atomic mass is 10.0. The molecule has 14 heteroatoms. The number of amides is 6. The van der Waals surface area contributed by atoms with E-state index in [-0.39, 0.29) is 25.7 Å². The van der Waals surface area contributed by atoms with Crippen LogP contribution in [-0.2, 0) is 41.6 Å².